The van der Waals surface area contributed by atoms with Crippen LogP contribution in [0.5, 0.6) is 0 Å². The minimum absolute atomic E-state index is 0.0807. The maximum absolute atomic E-state index is 13.2. The highest BCUT2D eigenvalue weighted by Gasteiger charge is 2.67. The van der Waals surface area contributed by atoms with E-state index >= 15 is 0 Å². The standard InChI is InChI=1S/C26H23BrN2O3/c1-12-13(2)21(10-9-20(12)27)28-24(30)14-3-5-15(6-4-14)29-25(31)22-16-7-8-17(19-11-18(16)19)23(22)26(29)32/h3-10,16-19,22-23H,11H2,1-2H3,(H,28,30)/t16-,17+,18-,19-,22+,23-/m1/s1. The van der Waals surface area contributed by atoms with Crippen molar-refractivity contribution in [2.45, 2.75) is 20.3 Å². The molecule has 7 rings (SSSR count). The van der Waals surface area contributed by atoms with Crippen LogP contribution in [0.3, 0.4) is 0 Å². The van der Waals surface area contributed by atoms with E-state index < -0.39 is 0 Å². The lowest BCUT2D eigenvalue weighted by atomic mass is 9.63. The van der Waals surface area contributed by atoms with Crippen molar-refractivity contribution in [3.63, 3.8) is 0 Å². The van der Waals surface area contributed by atoms with E-state index in [2.05, 4.69) is 33.4 Å². The molecule has 6 atom stereocenters. The fraction of sp³-hybridized carbons (Fsp3) is 0.346. The summed E-state index contributed by atoms with van der Waals surface area (Å²) in [7, 11) is 0. The van der Waals surface area contributed by atoms with E-state index in [1.807, 2.05) is 26.0 Å². The summed E-state index contributed by atoms with van der Waals surface area (Å²) in [6, 6.07) is 10.6. The van der Waals surface area contributed by atoms with E-state index in [1.165, 1.54) is 4.90 Å². The first kappa shape index (κ1) is 19.9. The number of amides is 3. The largest absolute Gasteiger partial charge is 0.322 e. The third kappa shape index (κ3) is 2.71. The van der Waals surface area contributed by atoms with Gasteiger partial charge in [-0.05, 0) is 91.5 Å². The number of imide groups is 1. The van der Waals surface area contributed by atoms with Crippen molar-refractivity contribution in [2.75, 3.05) is 10.2 Å². The van der Waals surface area contributed by atoms with Gasteiger partial charge in [0.25, 0.3) is 5.91 Å². The fourth-order valence-electron chi connectivity index (χ4n) is 6.09. The van der Waals surface area contributed by atoms with Crippen molar-refractivity contribution in [1.82, 2.24) is 0 Å². The molecule has 0 radical (unpaired) electrons. The van der Waals surface area contributed by atoms with Gasteiger partial charge in [0.15, 0.2) is 0 Å². The third-order valence-electron chi connectivity index (χ3n) is 8.02. The summed E-state index contributed by atoms with van der Waals surface area (Å²) in [5.41, 5.74) is 3.87. The maximum Gasteiger partial charge on any atom is 0.255 e. The topological polar surface area (TPSA) is 66.5 Å². The van der Waals surface area contributed by atoms with Crippen LogP contribution in [0.2, 0.25) is 0 Å². The lowest BCUT2D eigenvalue weighted by Crippen LogP contribution is -2.40. The molecule has 2 saturated carbocycles. The fourth-order valence-corrected chi connectivity index (χ4v) is 6.52. The average Bonchev–Trinajstić information content (AvgIpc) is 3.58. The molecule has 0 aromatic heterocycles. The third-order valence-corrected chi connectivity index (χ3v) is 8.88. The number of allylic oxidation sites excluding steroid dienone is 2. The predicted octanol–water partition coefficient (Wildman–Crippen LogP) is 4.88. The van der Waals surface area contributed by atoms with Gasteiger partial charge in [0.05, 0.1) is 17.5 Å². The molecule has 2 aromatic rings. The Morgan fingerprint density at radius 2 is 1.50 bits per heavy atom. The van der Waals surface area contributed by atoms with Crippen molar-refractivity contribution >= 4 is 45.0 Å². The second-order valence-corrected chi connectivity index (χ2v) is 10.4. The van der Waals surface area contributed by atoms with Crippen molar-refractivity contribution in [2.24, 2.45) is 35.5 Å². The molecular formula is C26H23BrN2O3. The van der Waals surface area contributed by atoms with Crippen molar-refractivity contribution in [1.29, 1.82) is 0 Å². The molecule has 1 heterocycles. The zero-order chi connectivity index (χ0) is 22.3. The van der Waals surface area contributed by atoms with E-state index in [1.54, 1.807) is 24.3 Å². The van der Waals surface area contributed by atoms with E-state index in [9.17, 15) is 14.4 Å². The lowest BCUT2D eigenvalue weighted by molar-refractivity contribution is -0.124. The summed E-state index contributed by atoms with van der Waals surface area (Å²) in [6.45, 7) is 3.96. The van der Waals surface area contributed by atoms with Crippen LogP contribution in [-0.4, -0.2) is 17.7 Å². The summed E-state index contributed by atoms with van der Waals surface area (Å²) >= 11 is 3.50. The molecule has 0 unspecified atom stereocenters. The monoisotopic (exact) mass is 490 g/mol. The molecule has 3 amide bonds. The van der Waals surface area contributed by atoms with Gasteiger partial charge in [-0.1, -0.05) is 28.1 Å². The Morgan fingerprint density at radius 3 is 2.09 bits per heavy atom. The Balaban J connectivity index is 1.23. The number of benzene rings is 2. The molecule has 1 aliphatic heterocycles. The number of nitrogens with one attached hydrogen (secondary N) is 1. The molecule has 3 fully saturated rings. The van der Waals surface area contributed by atoms with Crippen molar-refractivity contribution < 1.29 is 14.4 Å². The number of carbonyl (C=O) groups is 3. The van der Waals surface area contributed by atoms with Gasteiger partial charge in [-0.2, -0.15) is 0 Å². The Bertz CT molecular complexity index is 1180. The number of nitrogens with zero attached hydrogens (tertiary/aromatic N) is 1. The summed E-state index contributed by atoms with van der Waals surface area (Å²) in [5.74, 6) is 0.764. The van der Waals surface area contributed by atoms with E-state index in [4.69, 9.17) is 0 Å². The Hall–Kier alpha value is -2.73. The Labute approximate surface area is 195 Å². The molecule has 0 spiro atoms. The van der Waals surface area contributed by atoms with Crippen molar-refractivity contribution in [3.8, 4) is 0 Å². The molecule has 1 N–H and O–H groups in total. The lowest BCUT2D eigenvalue weighted by Gasteiger charge is -2.37. The van der Waals surface area contributed by atoms with E-state index in [0.29, 0.717) is 23.1 Å². The highest BCUT2D eigenvalue weighted by molar-refractivity contribution is 9.10. The smallest absolute Gasteiger partial charge is 0.255 e. The first-order valence-corrected chi connectivity index (χ1v) is 11.9. The molecule has 1 saturated heterocycles. The predicted molar refractivity (Wildman–Crippen MR) is 125 cm³/mol. The van der Waals surface area contributed by atoms with Gasteiger partial charge in [-0.3, -0.25) is 19.3 Å². The average molecular weight is 491 g/mol. The molecule has 4 aliphatic carbocycles. The number of halogens is 1. The minimum Gasteiger partial charge on any atom is -0.322 e. The molecule has 162 valence electrons. The van der Waals surface area contributed by atoms with Crippen LogP contribution in [-0.2, 0) is 9.59 Å². The van der Waals surface area contributed by atoms with Gasteiger partial charge in [0.2, 0.25) is 11.8 Å². The molecule has 2 aromatic carbocycles. The van der Waals surface area contributed by atoms with Crippen LogP contribution in [0.15, 0.2) is 53.0 Å². The van der Waals surface area contributed by atoms with Crippen molar-refractivity contribution in [3.05, 3.63) is 69.7 Å². The molecule has 2 bridgehead atoms. The second-order valence-electron chi connectivity index (χ2n) is 9.51. The SMILES string of the molecule is Cc1c(Br)ccc(NC(=O)c2ccc(N3C(=O)[C@@H]4[C@H]5C=C[C@H]([C@H]6C[C@H]56)[C@@H]4C3=O)cc2)c1C. The molecule has 32 heavy (non-hydrogen) atoms. The number of hydrogen-bond donors (Lipinski definition) is 1. The zero-order valence-electron chi connectivity index (χ0n) is 17.8. The van der Waals surface area contributed by atoms with Crippen LogP contribution in [0, 0.1) is 49.4 Å². The van der Waals surface area contributed by atoms with Crippen LogP contribution in [0.25, 0.3) is 0 Å². The summed E-state index contributed by atoms with van der Waals surface area (Å²) in [4.78, 5) is 40.6. The highest BCUT2D eigenvalue weighted by Crippen LogP contribution is 2.65. The highest BCUT2D eigenvalue weighted by atomic mass is 79.9. The first-order valence-electron chi connectivity index (χ1n) is 11.1. The number of anilines is 2. The number of rotatable bonds is 3. The summed E-state index contributed by atoms with van der Waals surface area (Å²) in [6.07, 6.45) is 5.50. The van der Waals surface area contributed by atoms with Crippen LogP contribution >= 0.6 is 15.9 Å². The van der Waals surface area contributed by atoms with Gasteiger partial charge in [0.1, 0.15) is 0 Å². The van der Waals surface area contributed by atoms with Crippen LogP contribution in [0.4, 0.5) is 11.4 Å². The van der Waals surface area contributed by atoms with Gasteiger partial charge < -0.3 is 5.32 Å². The zero-order valence-corrected chi connectivity index (χ0v) is 19.4. The summed E-state index contributed by atoms with van der Waals surface area (Å²) < 4.78 is 0.999. The number of carbonyl (C=O) groups excluding carboxylic acids is 3. The van der Waals surface area contributed by atoms with Crippen LogP contribution in [0.1, 0.15) is 27.9 Å². The van der Waals surface area contributed by atoms with Crippen LogP contribution < -0.4 is 10.2 Å². The maximum atomic E-state index is 13.2. The second kappa shape index (κ2) is 6.88. The van der Waals surface area contributed by atoms with Gasteiger partial charge in [-0.15, -0.1) is 0 Å². The normalized spacial score (nSPS) is 31.5. The number of hydrogen-bond acceptors (Lipinski definition) is 3. The van der Waals surface area contributed by atoms with E-state index in [-0.39, 0.29) is 41.4 Å². The quantitative estimate of drug-likeness (QED) is 0.492. The Kier molecular flexibility index (Phi) is 4.28. The van der Waals surface area contributed by atoms with Gasteiger partial charge in [-0.25, -0.2) is 0 Å². The minimum atomic E-state index is -0.226. The molecular weight excluding hydrogens is 468 g/mol. The molecule has 5 aliphatic rings. The molecule has 6 heteroatoms. The summed E-state index contributed by atoms with van der Waals surface area (Å²) in [5, 5.41) is 2.96. The molecule has 5 nitrogen and oxygen atoms in total. The Morgan fingerprint density at radius 1 is 0.906 bits per heavy atom. The van der Waals surface area contributed by atoms with Gasteiger partial charge >= 0.3 is 0 Å². The van der Waals surface area contributed by atoms with Gasteiger partial charge in [0, 0.05) is 15.7 Å². The van der Waals surface area contributed by atoms with E-state index in [0.717, 1.165) is 27.7 Å². The first-order chi connectivity index (χ1) is 15.4.